The van der Waals surface area contributed by atoms with Gasteiger partial charge in [-0.3, -0.25) is 4.79 Å². The lowest BCUT2D eigenvalue weighted by atomic mass is 10.2. The van der Waals surface area contributed by atoms with Gasteiger partial charge in [0, 0.05) is 18.2 Å². The molecule has 0 spiro atoms. The Morgan fingerprint density at radius 1 is 1.29 bits per heavy atom. The molecule has 2 N–H and O–H groups in total. The van der Waals surface area contributed by atoms with E-state index in [1.54, 1.807) is 7.11 Å². The summed E-state index contributed by atoms with van der Waals surface area (Å²) in [6.07, 6.45) is 0. The summed E-state index contributed by atoms with van der Waals surface area (Å²) in [5, 5.41) is 3.29. The number of H-pyrrole nitrogens is 1. The smallest absolute Gasteiger partial charge is 0.251 e. The van der Waals surface area contributed by atoms with Crippen LogP contribution in [0.3, 0.4) is 0 Å². The van der Waals surface area contributed by atoms with Gasteiger partial charge < -0.3 is 15.0 Å². The number of benzene rings is 1. The van der Waals surface area contributed by atoms with Gasteiger partial charge in [0.05, 0.1) is 12.8 Å². The van der Waals surface area contributed by atoms with Crippen molar-refractivity contribution in [2.75, 3.05) is 13.7 Å². The van der Waals surface area contributed by atoms with Crippen LogP contribution in [0.15, 0.2) is 35.1 Å². The Balaban J connectivity index is 2.19. The molecule has 0 aliphatic rings. The lowest BCUT2D eigenvalue weighted by molar-refractivity contribution is 0.415. The molecule has 0 fully saturated rings. The predicted molar refractivity (Wildman–Crippen MR) is 83.4 cm³/mol. The number of hydrogen-bond acceptors (Lipinski definition) is 4. The summed E-state index contributed by atoms with van der Waals surface area (Å²) >= 11 is 0. The molecule has 21 heavy (non-hydrogen) atoms. The molecule has 1 heterocycles. The molecule has 5 nitrogen and oxygen atoms in total. The van der Waals surface area contributed by atoms with E-state index in [1.165, 1.54) is 6.07 Å². The first-order valence-corrected chi connectivity index (χ1v) is 7.04. The molecule has 0 atom stereocenters. The average Bonchev–Trinajstić information content (AvgIpc) is 2.46. The highest BCUT2D eigenvalue weighted by molar-refractivity contribution is 5.56. The molecule has 112 valence electrons. The van der Waals surface area contributed by atoms with Gasteiger partial charge in [0.2, 0.25) is 0 Å². The van der Waals surface area contributed by atoms with Crippen molar-refractivity contribution < 1.29 is 4.74 Å². The van der Waals surface area contributed by atoms with E-state index in [1.807, 2.05) is 24.3 Å². The zero-order chi connectivity index (χ0) is 15.2. The van der Waals surface area contributed by atoms with Gasteiger partial charge in [-0.2, -0.15) is 0 Å². The van der Waals surface area contributed by atoms with Crippen molar-refractivity contribution in [2.24, 2.45) is 5.92 Å². The minimum atomic E-state index is -0.142. The summed E-state index contributed by atoms with van der Waals surface area (Å²) in [6, 6.07) is 8.98. The van der Waals surface area contributed by atoms with Crippen LogP contribution < -0.4 is 15.6 Å². The van der Waals surface area contributed by atoms with E-state index in [9.17, 15) is 4.79 Å². The second-order valence-electron chi connectivity index (χ2n) is 5.34. The van der Waals surface area contributed by atoms with Crippen molar-refractivity contribution >= 4 is 0 Å². The molecular formula is C16H21N3O2. The number of nitrogens with zero attached hydrogens (tertiary/aromatic N) is 1. The third-order valence-electron chi connectivity index (χ3n) is 3.02. The lowest BCUT2D eigenvalue weighted by Crippen LogP contribution is -2.21. The number of aromatic amines is 1. The monoisotopic (exact) mass is 287 g/mol. The predicted octanol–water partition coefficient (Wildman–Crippen LogP) is 2.19. The number of aromatic nitrogens is 2. The number of hydrogen-bond donors (Lipinski definition) is 2. The molecule has 0 aliphatic carbocycles. The van der Waals surface area contributed by atoms with Crippen molar-refractivity contribution in [3.05, 3.63) is 46.4 Å². The summed E-state index contributed by atoms with van der Waals surface area (Å²) in [5.74, 6) is 1.91. The first-order valence-electron chi connectivity index (χ1n) is 7.04. The molecule has 0 radical (unpaired) electrons. The Morgan fingerprint density at radius 2 is 2.00 bits per heavy atom. The maximum absolute atomic E-state index is 11.8. The van der Waals surface area contributed by atoms with Gasteiger partial charge in [0.15, 0.2) is 0 Å². The highest BCUT2D eigenvalue weighted by atomic mass is 16.5. The summed E-state index contributed by atoms with van der Waals surface area (Å²) in [5.41, 5.74) is 1.46. The van der Waals surface area contributed by atoms with Crippen LogP contribution in [0, 0.1) is 5.92 Å². The SMILES string of the molecule is COc1ccc(-c2nc(CNCC(C)C)cc(=O)[nH]2)cc1. The summed E-state index contributed by atoms with van der Waals surface area (Å²) in [4.78, 5) is 19.0. The second kappa shape index (κ2) is 7.04. The fourth-order valence-corrected chi connectivity index (χ4v) is 1.97. The first kappa shape index (κ1) is 15.3. The zero-order valence-electron chi connectivity index (χ0n) is 12.6. The van der Waals surface area contributed by atoms with Crippen LogP contribution in [0.25, 0.3) is 11.4 Å². The van der Waals surface area contributed by atoms with Gasteiger partial charge >= 0.3 is 0 Å². The fourth-order valence-electron chi connectivity index (χ4n) is 1.97. The molecule has 0 unspecified atom stereocenters. The van der Waals surface area contributed by atoms with Crippen LogP contribution in [0.4, 0.5) is 0 Å². The van der Waals surface area contributed by atoms with E-state index in [0.717, 1.165) is 23.6 Å². The zero-order valence-corrected chi connectivity index (χ0v) is 12.6. The summed E-state index contributed by atoms with van der Waals surface area (Å²) in [6.45, 7) is 5.76. The molecule has 5 heteroatoms. The topological polar surface area (TPSA) is 67.0 Å². The van der Waals surface area contributed by atoms with Gasteiger partial charge in [-0.15, -0.1) is 0 Å². The van der Waals surface area contributed by atoms with Crippen LogP contribution in [0.5, 0.6) is 5.75 Å². The number of methoxy groups -OCH3 is 1. The van der Waals surface area contributed by atoms with Crippen molar-refractivity contribution in [3.8, 4) is 17.1 Å². The number of nitrogens with one attached hydrogen (secondary N) is 2. The van der Waals surface area contributed by atoms with Crippen molar-refractivity contribution in [2.45, 2.75) is 20.4 Å². The normalized spacial score (nSPS) is 10.9. The van der Waals surface area contributed by atoms with E-state index >= 15 is 0 Å². The van der Waals surface area contributed by atoms with Crippen molar-refractivity contribution in [1.29, 1.82) is 0 Å². The molecular weight excluding hydrogens is 266 g/mol. The van der Waals surface area contributed by atoms with Crippen LogP contribution in [0.1, 0.15) is 19.5 Å². The minimum absolute atomic E-state index is 0.142. The maximum Gasteiger partial charge on any atom is 0.251 e. The van der Waals surface area contributed by atoms with E-state index in [4.69, 9.17) is 4.74 Å². The maximum atomic E-state index is 11.8. The van der Waals surface area contributed by atoms with Gasteiger partial charge in [-0.1, -0.05) is 13.8 Å². The van der Waals surface area contributed by atoms with Crippen LogP contribution >= 0.6 is 0 Å². The Bertz CT molecular complexity index is 633. The molecule has 1 aromatic carbocycles. The van der Waals surface area contributed by atoms with Crippen molar-refractivity contribution in [1.82, 2.24) is 15.3 Å². The van der Waals surface area contributed by atoms with Gasteiger partial charge in [-0.05, 0) is 36.7 Å². The van der Waals surface area contributed by atoms with E-state index in [2.05, 4.69) is 29.1 Å². The number of ether oxygens (including phenoxy) is 1. The van der Waals surface area contributed by atoms with Crippen LogP contribution in [0.2, 0.25) is 0 Å². The summed E-state index contributed by atoms with van der Waals surface area (Å²) in [7, 11) is 1.62. The molecule has 0 bridgehead atoms. The molecule has 0 aliphatic heterocycles. The van der Waals surface area contributed by atoms with Gasteiger partial charge in [0.1, 0.15) is 11.6 Å². The second-order valence-corrected chi connectivity index (χ2v) is 5.34. The third-order valence-corrected chi connectivity index (χ3v) is 3.02. The van der Waals surface area contributed by atoms with E-state index in [0.29, 0.717) is 18.3 Å². The highest BCUT2D eigenvalue weighted by Gasteiger charge is 2.05. The van der Waals surface area contributed by atoms with E-state index in [-0.39, 0.29) is 5.56 Å². The van der Waals surface area contributed by atoms with Crippen LogP contribution in [-0.2, 0) is 6.54 Å². The Kier molecular flexibility index (Phi) is 5.11. The third kappa shape index (κ3) is 4.43. The Morgan fingerprint density at radius 3 is 2.62 bits per heavy atom. The summed E-state index contributed by atoms with van der Waals surface area (Å²) < 4.78 is 5.13. The van der Waals surface area contributed by atoms with Crippen molar-refractivity contribution in [3.63, 3.8) is 0 Å². The van der Waals surface area contributed by atoms with E-state index < -0.39 is 0 Å². The largest absolute Gasteiger partial charge is 0.497 e. The first-order chi connectivity index (χ1) is 10.1. The standard InChI is InChI=1S/C16H21N3O2/c1-11(2)9-17-10-13-8-15(20)19-16(18-13)12-4-6-14(21-3)7-5-12/h4-8,11,17H,9-10H2,1-3H3,(H,18,19,20). The van der Waals surface area contributed by atoms with Gasteiger partial charge in [-0.25, -0.2) is 4.98 Å². The minimum Gasteiger partial charge on any atom is -0.497 e. The quantitative estimate of drug-likeness (QED) is 0.854. The fraction of sp³-hybridized carbons (Fsp3) is 0.375. The highest BCUT2D eigenvalue weighted by Crippen LogP contribution is 2.18. The van der Waals surface area contributed by atoms with Crippen LogP contribution in [-0.4, -0.2) is 23.6 Å². The molecule has 2 aromatic rings. The lowest BCUT2D eigenvalue weighted by Gasteiger charge is -2.08. The Labute approximate surface area is 124 Å². The molecule has 0 amide bonds. The Hall–Kier alpha value is -2.14. The average molecular weight is 287 g/mol. The number of rotatable bonds is 6. The molecule has 0 saturated carbocycles. The molecule has 2 rings (SSSR count). The van der Waals surface area contributed by atoms with Gasteiger partial charge in [0.25, 0.3) is 5.56 Å². The molecule has 0 saturated heterocycles. The molecule has 1 aromatic heterocycles.